The highest BCUT2D eigenvalue weighted by Gasteiger charge is 2.39. The van der Waals surface area contributed by atoms with Gasteiger partial charge in [-0.1, -0.05) is 6.07 Å². The summed E-state index contributed by atoms with van der Waals surface area (Å²) in [6, 6.07) is 11.2. The summed E-state index contributed by atoms with van der Waals surface area (Å²) < 4.78 is 32.8. The maximum absolute atomic E-state index is 13.5. The van der Waals surface area contributed by atoms with Gasteiger partial charge in [0, 0.05) is 18.7 Å². The molecule has 0 aromatic heterocycles. The minimum absolute atomic E-state index is 0.186. The molecule has 2 aliphatic heterocycles. The van der Waals surface area contributed by atoms with Gasteiger partial charge in [-0.2, -0.15) is 10.4 Å². The van der Waals surface area contributed by atoms with E-state index in [0.29, 0.717) is 36.4 Å². The Morgan fingerprint density at radius 2 is 1.93 bits per heavy atom. The molecule has 8 heteroatoms. The van der Waals surface area contributed by atoms with Crippen molar-refractivity contribution < 1.29 is 18.3 Å². The lowest BCUT2D eigenvalue weighted by Crippen LogP contribution is -2.58. The van der Waals surface area contributed by atoms with Crippen molar-refractivity contribution in [2.45, 2.75) is 18.6 Å². The molecular formula is C20H16F2N4O2. The fourth-order valence-corrected chi connectivity index (χ4v) is 3.29. The molecule has 2 aromatic rings. The van der Waals surface area contributed by atoms with Gasteiger partial charge in [0.2, 0.25) is 0 Å². The zero-order chi connectivity index (χ0) is 19.7. The molecule has 1 fully saturated rings. The third kappa shape index (κ3) is 3.51. The van der Waals surface area contributed by atoms with E-state index in [4.69, 9.17) is 10.00 Å². The maximum Gasteiger partial charge on any atom is 0.341 e. The van der Waals surface area contributed by atoms with Crippen LogP contribution in [0.2, 0.25) is 0 Å². The van der Waals surface area contributed by atoms with Crippen LogP contribution in [0.1, 0.15) is 23.6 Å². The van der Waals surface area contributed by atoms with Crippen molar-refractivity contribution in [1.29, 1.82) is 5.26 Å². The van der Waals surface area contributed by atoms with Gasteiger partial charge in [0.25, 0.3) is 0 Å². The van der Waals surface area contributed by atoms with Gasteiger partial charge in [-0.3, -0.25) is 0 Å². The molecule has 0 N–H and O–H groups in total. The average Bonchev–Trinajstić information content (AvgIpc) is 3.13. The van der Waals surface area contributed by atoms with Crippen LogP contribution < -0.4 is 4.74 Å². The van der Waals surface area contributed by atoms with Crippen LogP contribution in [-0.4, -0.2) is 41.3 Å². The summed E-state index contributed by atoms with van der Waals surface area (Å²) in [4.78, 5) is 14.3. The predicted molar refractivity (Wildman–Crippen MR) is 96.6 cm³/mol. The minimum Gasteiger partial charge on any atom is -0.487 e. The topological polar surface area (TPSA) is 68.9 Å². The van der Waals surface area contributed by atoms with E-state index >= 15 is 0 Å². The van der Waals surface area contributed by atoms with Gasteiger partial charge in [-0.15, -0.1) is 0 Å². The molecule has 0 unspecified atom stereocenters. The molecule has 0 radical (unpaired) electrons. The van der Waals surface area contributed by atoms with Crippen LogP contribution in [0.5, 0.6) is 5.75 Å². The van der Waals surface area contributed by atoms with Gasteiger partial charge in [0.1, 0.15) is 23.5 Å². The highest BCUT2D eigenvalue weighted by molar-refractivity contribution is 5.79. The van der Waals surface area contributed by atoms with Gasteiger partial charge >= 0.3 is 6.03 Å². The maximum atomic E-state index is 13.5. The Labute approximate surface area is 160 Å². The smallest absolute Gasteiger partial charge is 0.341 e. The number of halogens is 2. The van der Waals surface area contributed by atoms with Gasteiger partial charge in [0.05, 0.1) is 30.8 Å². The number of benzene rings is 2. The summed E-state index contributed by atoms with van der Waals surface area (Å²) >= 11 is 0. The normalized spacial score (nSPS) is 18.7. The summed E-state index contributed by atoms with van der Waals surface area (Å²) in [6.45, 7) is 0.734. The Morgan fingerprint density at radius 1 is 1.18 bits per heavy atom. The number of hydrogen-bond acceptors (Lipinski definition) is 4. The Morgan fingerprint density at radius 3 is 2.64 bits per heavy atom. The molecule has 2 aliphatic rings. The van der Waals surface area contributed by atoms with Crippen LogP contribution in [0.25, 0.3) is 0 Å². The highest BCUT2D eigenvalue weighted by atomic mass is 19.1. The Hall–Kier alpha value is -3.47. The number of rotatable bonds is 3. The van der Waals surface area contributed by atoms with Crippen LogP contribution in [0.4, 0.5) is 13.6 Å². The van der Waals surface area contributed by atoms with Crippen molar-refractivity contribution >= 4 is 12.2 Å². The second kappa shape index (κ2) is 7.27. The van der Waals surface area contributed by atoms with Crippen LogP contribution >= 0.6 is 0 Å². The molecule has 2 aromatic carbocycles. The molecule has 1 atom stereocenters. The van der Waals surface area contributed by atoms with E-state index in [9.17, 15) is 13.6 Å². The molecule has 0 bridgehead atoms. The fourth-order valence-electron chi connectivity index (χ4n) is 3.29. The van der Waals surface area contributed by atoms with E-state index in [1.165, 1.54) is 17.1 Å². The van der Waals surface area contributed by atoms with E-state index in [1.807, 2.05) is 6.07 Å². The molecule has 142 valence electrons. The lowest BCUT2D eigenvalue weighted by Gasteiger charge is -2.41. The zero-order valence-corrected chi connectivity index (χ0v) is 14.8. The van der Waals surface area contributed by atoms with Crippen molar-refractivity contribution in [3.63, 3.8) is 0 Å². The van der Waals surface area contributed by atoms with Gasteiger partial charge in [-0.05, 0) is 35.9 Å². The second-order valence-electron chi connectivity index (χ2n) is 6.66. The predicted octanol–water partition coefficient (Wildman–Crippen LogP) is 3.45. The fraction of sp³-hybridized carbons (Fsp3) is 0.250. The number of hydrogen-bond donors (Lipinski definition) is 0. The molecule has 2 amide bonds. The standard InChI is InChI=1S/C20H16F2N4O2/c21-15-7-14(8-16(22)9-15)19-4-5-24-26(19)20(27)25-11-18(12-25)28-17-3-1-2-13(6-17)10-23/h1-3,5-9,18-19H,4,11-12H2/t19-/m0/s1. The van der Waals surface area contributed by atoms with E-state index in [0.717, 1.165) is 6.07 Å². The first-order chi connectivity index (χ1) is 13.5. The zero-order valence-electron chi connectivity index (χ0n) is 14.8. The number of likely N-dealkylation sites (tertiary alicyclic amines) is 1. The van der Waals surface area contributed by atoms with Crippen molar-refractivity contribution in [1.82, 2.24) is 9.91 Å². The lowest BCUT2D eigenvalue weighted by molar-refractivity contribution is 0.0277. The Balaban J connectivity index is 1.38. The summed E-state index contributed by atoms with van der Waals surface area (Å²) in [5.41, 5.74) is 0.867. The summed E-state index contributed by atoms with van der Waals surface area (Å²) in [7, 11) is 0. The number of amides is 2. The molecule has 0 aliphatic carbocycles. The van der Waals surface area contributed by atoms with Crippen LogP contribution in [0.15, 0.2) is 47.6 Å². The third-order valence-corrected chi connectivity index (χ3v) is 4.68. The number of nitriles is 1. The number of carbonyl (C=O) groups is 1. The summed E-state index contributed by atoms with van der Waals surface area (Å²) in [5.74, 6) is -0.805. The van der Waals surface area contributed by atoms with Crippen LogP contribution in [0, 0.1) is 23.0 Å². The number of nitrogens with zero attached hydrogens (tertiary/aromatic N) is 4. The lowest BCUT2D eigenvalue weighted by atomic mass is 10.0. The summed E-state index contributed by atoms with van der Waals surface area (Å²) in [6.07, 6.45) is 1.77. The molecule has 6 nitrogen and oxygen atoms in total. The van der Waals surface area contributed by atoms with Crippen LogP contribution in [0.3, 0.4) is 0 Å². The monoisotopic (exact) mass is 382 g/mol. The van der Waals surface area contributed by atoms with E-state index in [-0.39, 0.29) is 12.1 Å². The first kappa shape index (κ1) is 17.9. The Kier molecular flexibility index (Phi) is 4.65. The summed E-state index contributed by atoms with van der Waals surface area (Å²) in [5, 5.41) is 14.3. The van der Waals surface area contributed by atoms with Gasteiger partial charge in [-0.25, -0.2) is 18.6 Å². The van der Waals surface area contributed by atoms with Crippen molar-refractivity contribution in [3.05, 3.63) is 65.2 Å². The second-order valence-corrected chi connectivity index (χ2v) is 6.66. The third-order valence-electron chi connectivity index (χ3n) is 4.68. The van der Waals surface area contributed by atoms with Crippen molar-refractivity contribution in [2.75, 3.05) is 13.1 Å². The largest absolute Gasteiger partial charge is 0.487 e. The first-order valence-electron chi connectivity index (χ1n) is 8.77. The minimum atomic E-state index is -0.689. The molecule has 0 spiro atoms. The van der Waals surface area contributed by atoms with E-state index < -0.39 is 17.7 Å². The number of hydrazone groups is 1. The molecule has 4 rings (SSSR count). The molecule has 1 saturated heterocycles. The Bertz CT molecular complexity index is 962. The van der Waals surface area contributed by atoms with E-state index in [2.05, 4.69) is 5.10 Å². The van der Waals surface area contributed by atoms with Crippen molar-refractivity contribution in [2.24, 2.45) is 5.10 Å². The molecule has 2 heterocycles. The van der Waals surface area contributed by atoms with Crippen LogP contribution in [-0.2, 0) is 0 Å². The van der Waals surface area contributed by atoms with Gasteiger partial charge < -0.3 is 9.64 Å². The highest BCUT2D eigenvalue weighted by Crippen LogP contribution is 2.31. The molecular weight excluding hydrogens is 366 g/mol. The van der Waals surface area contributed by atoms with E-state index in [1.54, 1.807) is 35.4 Å². The van der Waals surface area contributed by atoms with Crippen molar-refractivity contribution in [3.8, 4) is 11.8 Å². The molecule has 28 heavy (non-hydrogen) atoms. The quantitative estimate of drug-likeness (QED) is 0.817. The van der Waals surface area contributed by atoms with Gasteiger partial charge in [0.15, 0.2) is 0 Å². The average molecular weight is 382 g/mol. The number of urea groups is 1. The first-order valence-corrected chi connectivity index (χ1v) is 8.77. The molecule has 0 saturated carbocycles. The number of carbonyl (C=O) groups excluding carboxylic acids is 1. The number of ether oxygens (including phenoxy) is 1. The SMILES string of the molecule is N#Cc1cccc(OC2CN(C(=O)N3N=CC[C@H]3c3cc(F)cc(F)c3)C2)c1.